The highest BCUT2D eigenvalue weighted by Gasteiger charge is 2.37. The predicted octanol–water partition coefficient (Wildman–Crippen LogP) is 10.5. The van der Waals surface area contributed by atoms with E-state index in [1.54, 1.807) is 0 Å². The lowest BCUT2D eigenvalue weighted by Crippen LogP contribution is -2.31. The molecule has 0 N–H and O–H groups in total. The maximum Gasteiger partial charge on any atom is 0.0502 e. The van der Waals surface area contributed by atoms with Crippen molar-refractivity contribution in [1.82, 2.24) is 0 Å². The van der Waals surface area contributed by atoms with Gasteiger partial charge in [0, 0.05) is 34.9 Å². The maximum absolute atomic E-state index is 2.44. The Kier molecular flexibility index (Phi) is 5.54. The highest BCUT2D eigenvalue weighted by atomic mass is 15.2. The molecular formula is C39H38N2. The largest absolute Gasteiger partial charge is 0.344 e. The molecule has 0 bridgehead atoms. The third-order valence-corrected chi connectivity index (χ3v) is 9.56. The zero-order chi connectivity index (χ0) is 28.7. The van der Waals surface area contributed by atoms with Gasteiger partial charge in [-0.1, -0.05) is 99.5 Å². The molecule has 5 aromatic carbocycles. The van der Waals surface area contributed by atoms with Crippen molar-refractivity contribution >= 4 is 28.4 Å². The van der Waals surface area contributed by atoms with Crippen LogP contribution in [0.2, 0.25) is 0 Å². The van der Waals surface area contributed by atoms with Crippen LogP contribution in [0.1, 0.15) is 61.1 Å². The smallest absolute Gasteiger partial charge is 0.0502 e. The molecule has 0 aromatic heterocycles. The van der Waals surface area contributed by atoms with Crippen molar-refractivity contribution < 1.29 is 0 Å². The first-order valence-corrected chi connectivity index (χ1v) is 14.7. The van der Waals surface area contributed by atoms with Crippen LogP contribution in [0.4, 0.5) is 28.4 Å². The topological polar surface area (TPSA) is 6.48 Å². The first-order chi connectivity index (χ1) is 19.6. The van der Waals surface area contributed by atoms with Crippen molar-refractivity contribution in [1.29, 1.82) is 0 Å². The van der Waals surface area contributed by atoms with Gasteiger partial charge in [-0.15, -0.1) is 0 Å². The number of fused-ring (bicyclic) bond motifs is 4. The monoisotopic (exact) mass is 534 g/mol. The summed E-state index contributed by atoms with van der Waals surface area (Å²) >= 11 is 0. The normalized spacial score (nSPS) is 16.0. The van der Waals surface area contributed by atoms with Crippen LogP contribution < -0.4 is 9.80 Å². The van der Waals surface area contributed by atoms with E-state index >= 15 is 0 Å². The second-order valence-corrected chi connectivity index (χ2v) is 13.0. The highest BCUT2D eigenvalue weighted by molar-refractivity contribution is 5.87. The first kappa shape index (κ1) is 25.7. The standard InChI is InChI=1S/C39H38N2/c1-25-12-19-36-31(22-25)39(5,6)32-23-26(2)13-20-37(32)41(36)29-17-14-27(15-18-29)28-16-21-35-33(24-28)38(3,4)30-10-8-9-11-34(30)40(35)7/h8-24H,1-7H3. The molecule has 0 unspecified atom stereocenters. The third kappa shape index (κ3) is 3.77. The molecule has 7 rings (SSSR count). The highest BCUT2D eigenvalue weighted by Crippen LogP contribution is 2.53. The number of benzene rings is 5. The quantitative estimate of drug-likeness (QED) is 0.222. The summed E-state index contributed by atoms with van der Waals surface area (Å²) in [5.41, 5.74) is 16.7. The molecule has 0 spiro atoms. The van der Waals surface area contributed by atoms with E-state index in [2.05, 4.69) is 162 Å². The molecule has 2 aliphatic rings. The van der Waals surface area contributed by atoms with E-state index in [-0.39, 0.29) is 10.8 Å². The molecule has 0 saturated heterocycles. The van der Waals surface area contributed by atoms with Crippen LogP contribution in [0.3, 0.4) is 0 Å². The van der Waals surface area contributed by atoms with Crippen LogP contribution in [-0.4, -0.2) is 7.05 Å². The Morgan fingerprint density at radius 3 is 1.59 bits per heavy atom. The number of hydrogen-bond acceptors (Lipinski definition) is 2. The number of nitrogens with zero attached hydrogens (tertiary/aromatic N) is 2. The van der Waals surface area contributed by atoms with E-state index in [9.17, 15) is 0 Å². The van der Waals surface area contributed by atoms with Crippen LogP contribution >= 0.6 is 0 Å². The molecule has 2 heterocycles. The molecule has 5 aromatic rings. The van der Waals surface area contributed by atoms with Crippen molar-refractivity contribution in [2.24, 2.45) is 0 Å². The van der Waals surface area contributed by atoms with Crippen LogP contribution in [0.15, 0.2) is 103 Å². The van der Waals surface area contributed by atoms with E-state index in [1.165, 1.54) is 72.9 Å². The molecule has 41 heavy (non-hydrogen) atoms. The van der Waals surface area contributed by atoms with E-state index in [1.807, 2.05) is 0 Å². The van der Waals surface area contributed by atoms with Gasteiger partial charge in [-0.05, 0) is 89.7 Å². The lowest BCUT2D eigenvalue weighted by atomic mass is 9.72. The second kappa shape index (κ2) is 8.85. The van der Waals surface area contributed by atoms with Gasteiger partial charge in [0.1, 0.15) is 0 Å². The van der Waals surface area contributed by atoms with Crippen molar-refractivity contribution in [3.63, 3.8) is 0 Å². The fourth-order valence-corrected chi connectivity index (χ4v) is 7.13. The number of anilines is 5. The van der Waals surface area contributed by atoms with Crippen LogP contribution in [0.25, 0.3) is 11.1 Å². The lowest BCUT2D eigenvalue weighted by molar-refractivity contribution is 0.629. The molecule has 2 nitrogen and oxygen atoms in total. The molecule has 204 valence electrons. The zero-order valence-corrected chi connectivity index (χ0v) is 25.2. The number of para-hydroxylation sites is 1. The van der Waals surface area contributed by atoms with E-state index in [0.29, 0.717) is 0 Å². The second-order valence-electron chi connectivity index (χ2n) is 13.0. The minimum Gasteiger partial charge on any atom is -0.344 e. The Hall–Kier alpha value is -4.30. The molecule has 0 aliphatic carbocycles. The molecule has 0 radical (unpaired) electrons. The summed E-state index contributed by atoms with van der Waals surface area (Å²) in [5.74, 6) is 0. The zero-order valence-electron chi connectivity index (χ0n) is 25.2. The summed E-state index contributed by atoms with van der Waals surface area (Å²) < 4.78 is 0. The van der Waals surface area contributed by atoms with Gasteiger partial charge in [0.05, 0.1) is 11.4 Å². The molecule has 2 heteroatoms. The average Bonchev–Trinajstić information content (AvgIpc) is 2.97. The van der Waals surface area contributed by atoms with Gasteiger partial charge in [0.2, 0.25) is 0 Å². The summed E-state index contributed by atoms with van der Waals surface area (Å²) in [6, 6.07) is 38.7. The number of hydrogen-bond donors (Lipinski definition) is 0. The van der Waals surface area contributed by atoms with Crippen LogP contribution in [0, 0.1) is 13.8 Å². The van der Waals surface area contributed by atoms with Crippen molar-refractivity contribution in [3.8, 4) is 11.1 Å². The van der Waals surface area contributed by atoms with Gasteiger partial charge in [0.15, 0.2) is 0 Å². The molecule has 2 aliphatic heterocycles. The van der Waals surface area contributed by atoms with Crippen molar-refractivity contribution in [3.05, 3.63) is 137 Å². The summed E-state index contributed by atoms with van der Waals surface area (Å²) in [6.07, 6.45) is 0. The fourth-order valence-electron chi connectivity index (χ4n) is 7.13. The van der Waals surface area contributed by atoms with Crippen molar-refractivity contribution in [2.45, 2.75) is 52.4 Å². The van der Waals surface area contributed by atoms with Crippen LogP contribution in [-0.2, 0) is 10.8 Å². The minimum absolute atomic E-state index is 0.0686. The predicted molar refractivity (Wildman–Crippen MR) is 175 cm³/mol. The maximum atomic E-state index is 2.44. The summed E-state index contributed by atoms with van der Waals surface area (Å²) in [4.78, 5) is 4.78. The Bertz CT molecular complexity index is 1770. The lowest BCUT2D eigenvalue weighted by Gasteiger charge is -2.42. The Labute approximate surface area is 244 Å². The van der Waals surface area contributed by atoms with Gasteiger partial charge >= 0.3 is 0 Å². The van der Waals surface area contributed by atoms with Gasteiger partial charge in [-0.25, -0.2) is 0 Å². The average molecular weight is 535 g/mol. The SMILES string of the molecule is Cc1ccc2c(c1)C(C)(C)c1cc(C)ccc1N2c1ccc(-c2ccc3c(c2)C(C)(C)c2ccccc2N3C)cc1. The number of aryl methyl sites for hydroxylation is 2. The third-order valence-electron chi connectivity index (χ3n) is 9.56. The Morgan fingerprint density at radius 2 is 0.951 bits per heavy atom. The summed E-state index contributed by atoms with van der Waals surface area (Å²) in [5, 5.41) is 0. The van der Waals surface area contributed by atoms with E-state index in [0.717, 1.165) is 0 Å². The van der Waals surface area contributed by atoms with E-state index < -0.39 is 0 Å². The van der Waals surface area contributed by atoms with Gasteiger partial charge in [-0.3, -0.25) is 0 Å². The van der Waals surface area contributed by atoms with Crippen molar-refractivity contribution in [2.75, 3.05) is 16.8 Å². The first-order valence-electron chi connectivity index (χ1n) is 14.7. The Balaban J connectivity index is 1.31. The molecule has 0 saturated carbocycles. The summed E-state index contributed by atoms with van der Waals surface area (Å²) in [7, 11) is 2.18. The summed E-state index contributed by atoms with van der Waals surface area (Å²) in [6.45, 7) is 13.8. The number of rotatable bonds is 2. The Morgan fingerprint density at radius 1 is 0.463 bits per heavy atom. The van der Waals surface area contributed by atoms with Crippen LogP contribution in [0.5, 0.6) is 0 Å². The molecule has 0 fully saturated rings. The van der Waals surface area contributed by atoms with Gasteiger partial charge in [0.25, 0.3) is 0 Å². The van der Waals surface area contributed by atoms with Gasteiger partial charge < -0.3 is 9.80 Å². The molecule has 0 amide bonds. The van der Waals surface area contributed by atoms with E-state index in [4.69, 9.17) is 0 Å². The fraction of sp³-hybridized carbons (Fsp3) is 0.231. The minimum atomic E-state index is -0.0708. The van der Waals surface area contributed by atoms with Gasteiger partial charge in [-0.2, -0.15) is 0 Å². The molecule has 0 atom stereocenters. The molecular weight excluding hydrogens is 496 g/mol.